The Morgan fingerprint density at radius 1 is 1.77 bits per heavy atom. The van der Waals surface area contributed by atoms with Crippen LogP contribution in [-0.2, 0) is 4.74 Å². The zero-order valence-corrected chi connectivity index (χ0v) is 9.34. The predicted octanol–water partition coefficient (Wildman–Crippen LogP) is 0.812. The van der Waals surface area contributed by atoms with Gasteiger partial charge in [0.25, 0.3) is 0 Å². The SMILES string of the molecule is COC(=O)NC1CCN(CCBr)C1. The number of carbonyl (C=O) groups excluding carboxylic acids is 1. The van der Waals surface area contributed by atoms with Gasteiger partial charge in [-0.25, -0.2) is 4.79 Å². The van der Waals surface area contributed by atoms with Gasteiger partial charge in [-0.15, -0.1) is 0 Å². The molecule has 1 heterocycles. The average molecular weight is 251 g/mol. The van der Waals surface area contributed by atoms with Gasteiger partial charge in [-0.2, -0.15) is 0 Å². The molecule has 0 aromatic heterocycles. The smallest absolute Gasteiger partial charge is 0.407 e. The van der Waals surface area contributed by atoms with Gasteiger partial charge in [0.15, 0.2) is 0 Å². The molecular weight excluding hydrogens is 236 g/mol. The van der Waals surface area contributed by atoms with Crippen molar-refractivity contribution >= 4 is 22.0 Å². The molecule has 1 aliphatic rings. The van der Waals surface area contributed by atoms with Gasteiger partial charge in [0, 0.05) is 31.0 Å². The van der Waals surface area contributed by atoms with E-state index in [4.69, 9.17) is 0 Å². The number of amides is 1. The zero-order valence-electron chi connectivity index (χ0n) is 7.75. The van der Waals surface area contributed by atoms with Crippen LogP contribution in [0, 0.1) is 0 Å². The first-order chi connectivity index (χ1) is 6.26. The number of nitrogens with zero attached hydrogens (tertiary/aromatic N) is 1. The van der Waals surface area contributed by atoms with Gasteiger partial charge in [0.05, 0.1) is 7.11 Å². The van der Waals surface area contributed by atoms with Gasteiger partial charge in [-0.3, -0.25) is 0 Å². The molecule has 0 aliphatic carbocycles. The fourth-order valence-electron chi connectivity index (χ4n) is 1.50. The van der Waals surface area contributed by atoms with Crippen molar-refractivity contribution in [2.45, 2.75) is 12.5 Å². The number of nitrogens with one attached hydrogen (secondary N) is 1. The third kappa shape index (κ3) is 3.52. The van der Waals surface area contributed by atoms with Gasteiger partial charge in [0.2, 0.25) is 0 Å². The van der Waals surface area contributed by atoms with E-state index in [-0.39, 0.29) is 12.1 Å². The molecule has 1 amide bonds. The molecule has 1 unspecified atom stereocenters. The third-order valence-corrected chi connectivity index (χ3v) is 2.54. The molecule has 0 aromatic carbocycles. The first-order valence-electron chi connectivity index (χ1n) is 4.39. The summed E-state index contributed by atoms with van der Waals surface area (Å²) in [4.78, 5) is 13.2. The summed E-state index contributed by atoms with van der Waals surface area (Å²) in [5.41, 5.74) is 0. The highest BCUT2D eigenvalue weighted by Gasteiger charge is 2.23. The van der Waals surface area contributed by atoms with E-state index >= 15 is 0 Å². The van der Waals surface area contributed by atoms with Crippen LogP contribution in [0.2, 0.25) is 0 Å². The highest BCUT2D eigenvalue weighted by atomic mass is 79.9. The van der Waals surface area contributed by atoms with E-state index < -0.39 is 0 Å². The highest BCUT2D eigenvalue weighted by Crippen LogP contribution is 2.08. The third-order valence-electron chi connectivity index (χ3n) is 2.18. The lowest BCUT2D eigenvalue weighted by molar-refractivity contribution is 0.166. The topological polar surface area (TPSA) is 41.6 Å². The minimum absolute atomic E-state index is 0.256. The summed E-state index contributed by atoms with van der Waals surface area (Å²) < 4.78 is 4.53. The van der Waals surface area contributed by atoms with Crippen molar-refractivity contribution in [3.8, 4) is 0 Å². The quantitative estimate of drug-likeness (QED) is 0.755. The second-order valence-electron chi connectivity index (χ2n) is 3.11. The molecular formula is C8H15BrN2O2. The molecule has 1 fully saturated rings. The number of methoxy groups -OCH3 is 1. The van der Waals surface area contributed by atoms with Crippen LogP contribution in [-0.4, -0.2) is 49.1 Å². The normalized spacial score (nSPS) is 23.1. The number of hydrogen-bond acceptors (Lipinski definition) is 3. The molecule has 0 bridgehead atoms. The Kier molecular flexibility index (Phi) is 4.52. The van der Waals surface area contributed by atoms with E-state index in [0.717, 1.165) is 31.4 Å². The predicted molar refractivity (Wildman–Crippen MR) is 54.2 cm³/mol. The lowest BCUT2D eigenvalue weighted by Gasteiger charge is -2.14. The van der Waals surface area contributed by atoms with E-state index in [1.165, 1.54) is 7.11 Å². The minimum atomic E-state index is -0.328. The van der Waals surface area contributed by atoms with Crippen LogP contribution < -0.4 is 5.32 Å². The molecule has 0 aromatic rings. The molecule has 76 valence electrons. The van der Waals surface area contributed by atoms with Crippen molar-refractivity contribution in [1.29, 1.82) is 0 Å². The van der Waals surface area contributed by atoms with Gasteiger partial charge in [-0.1, -0.05) is 15.9 Å². The van der Waals surface area contributed by atoms with E-state index in [0.29, 0.717) is 0 Å². The summed E-state index contributed by atoms with van der Waals surface area (Å²) in [5.74, 6) is 0. The zero-order chi connectivity index (χ0) is 9.68. The maximum absolute atomic E-state index is 10.9. The van der Waals surface area contributed by atoms with Crippen LogP contribution in [0.1, 0.15) is 6.42 Å². The number of hydrogen-bond donors (Lipinski definition) is 1. The molecule has 1 atom stereocenters. The maximum Gasteiger partial charge on any atom is 0.407 e. The molecule has 13 heavy (non-hydrogen) atoms. The second kappa shape index (κ2) is 5.44. The Morgan fingerprint density at radius 3 is 3.15 bits per heavy atom. The van der Waals surface area contributed by atoms with Crippen molar-refractivity contribution in [2.75, 3.05) is 32.1 Å². The number of rotatable bonds is 3. The summed E-state index contributed by atoms with van der Waals surface area (Å²) >= 11 is 3.39. The molecule has 1 aliphatic heterocycles. The van der Waals surface area contributed by atoms with Crippen molar-refractivity contribution in [1.82, 2.24) is 10.2 Å². The van der Waals surface area contributed by atoms with Crippen molar-refractivity contribution in [2.24, 2.45) is 0 Å². The first-order valence-corrected chi connectivity index (χ1v) is 5.51. The van der Waals surface area contributed by atoms with E-state index in [9.17, 15) is 4.79 Å². The van der Waals surface area contributed by atoms with Gasteiger partial charge >= 0.3 is 6.09 Å². The van der Waals surface area contributed by atoms with Crippen LogP contribution in [0.4, 0.5) is 4.79 Å². The fourth-order valence-corrected chi connectivity index (χ4v) is 2.00. The molecule has 0 saturated carbocycles. The molecule has 4 nitrogen and oxygen atoms in total. The average Bonchev–Trinajstić information content (AvgIpc) is 2.53. The van der Waals surface area contributed by atoms with Crippen LogP contribution in [0.25, 0.3) is 0 Å². The standard InChI is InChI=1S/C8H15BrN2O2/c1-13-8(12)10-7-2-4-11(6-7)5-3-9/h7H,2-6H2,1H3,(H,10,12). The molecule has 0 spiro atoms. The summed E-state index contributed by atoms with van der Waals surface area (Å²) in [7, 11) is 1.39. The van der Waals surface area contributed by atoms with Gasteiger partial charge < -0.3 is 15.0 Å². The van der Waals surface area contributed by atoms with Crippen LogP contribution in [0.15, 0.2) is 0 Å². The number of alkyl halides is 1. The summed E-state index contributed by atoms with van der Waals surface area (Å²) in [6.07, 6.45) is 0.688. The molecule has 0 radical (unpaired) electrons. The largest absolute Gasteiger partial charge is 0.453 e. The van der Waals surface area contributed by atoms with E-state index in [1.807, 2.05) is 0 Å². The molecule has 1 N–H and O–H groups in total. The van der Waals surface area contributed by atoms with E-state index in [1.54, 1.807) is 0 Å². The summed E-state index contributed by atoms with van der Waals surface area (Å²) in [6.45, 7) is 3.03. The number of ether oxygens (including phenoxy) is 1. The molecule has 1 rings (SSSR count). The Labute approximate surface area is 86.7 Å². The Bertz CT molecular complexity index is 178. The van der Waals surface area contributed by atoms with Crippen molar-refractivity contribution in [3.63, 3.8) is 0 Å². The van der Waals surface area contributed by atoms with E-state index in [2.05, 4.69) is 30.9 Å². The lowest BCUT2D eigenvalue weighted by Crippen LogP contribution is -2.37. The Hall–Kier alpha value is -0.290. The number of alkyl carbamates (subject to hydrolysis) is 1. The summed E-state index contributed by atoms with van der Waals surface area (Å²) in [5, 5.41) is 3.78. The van der Waals surface area contributed by atoms with Crippen molar-refractivity contribution in [3.05, 3.63) is 0 Å². The van der Waals surface area contributed by atoms with Crippen LogP contribution in [0.3, 0.4) is 0 Å². The summed E-state index contributed by atoms with van der Waals surface area (Å²) in [6, 6.07) is 0.256. The second-order valence-corrected chi connectivity index (χ2v) is 3.90. The fraction of sp³-hybridized carbons (Fsp3) is 0.875. The Balaban J connectivity index is 2.20. The number of halogens is 1. The number of likely N-dealkylation sites (tertiary alicyclic amines) is 1. The van der Waals surface area contributed by atoms with Crippen molar-refractivity contribution < 1.29 is 9.53 Å². The Morgan fingerprint density at radius 2 is 2.54 bits per heavy atom. The number of carbonyl (C=O) groups is 1. The highest BCUT2D eigenvalue weighted by molar-refractivity contribution is 9.09. The van der Waals surface area contributed by atoms with Crippen LogP contribution >= 0.6 is 15.9 Å². The van der Waals surface area contributed by atoms with Crippen LogP contribution in [0.5, 0.6) is 0 Å². The van der Waals surface area contributed by atoms with Gasteiger partial charge in [0.1, 0.15) is 0 Å². The molecule has 5 heteroatoms. The monoisotopic (exact) mass is 250 g/mol. The lowest BCUT2D eigenvalue weighted by atomic mass is 10.3. The minimum Gasteiger partial charge on any atom is -0.453 e. The maximum atomic E-state index is 10.9. The first kappa shape index (κ1) is 10.8. The van der Waals surface area contributed by atoms with Gasteiger partial charge in [-0.05, 0) is 6.42 Å². The molecule has 1 saturated heterocycles.